The topological polar surface area (TPSA) is 49.3 Å². The molecule has 1 fully saturated rings. The first-order valence-electron chi connectivity index (χ1n) is 10.6. The minimum atomic E-state index is -0.0389. The zero-order valence-corrected chi connectivity index (χ0v) is 17.4. The maximum absolute atomic E-state index is 13.1. The van der Waals surface area contributed by atoms with Crippen molar-refractivity contribution in [3.63, 3.8) is 0 Å². The molecule has 1 aliphatic heterocycles. The predicted octanol–water partition coefficient (Wildman–Crippen LogP) is 3.67. The van der Waals surface area contributed by atoms with Crippen LogP contribution in [0.4, 0.5) is 0 Å². The Morgan fingerprint density at radius 1 is 0.933 bits per heavy atom. The number of rotatable bonds is 6. The lowest BCUT2D eigenvalue weighted by molar-refractivity contribution is -0.134. The highest BCUT2D eigenvalue weighted by Gasteiger charge is 2.29. The molecule has 0 radical (unpaired) electrons. The third kappa shape index (κ3) is 4.92. The lowest BCUT2D eigenvalue weighted by Crippen LogP contribution is -2.37. The molecule has 4 rings (SSSR count). The number of likely N-dealkylation sites (N-methyl/N-ethyl adjacent to an activating group) is 1. The summed E-state index contributed by atoms with van der Waals surface area (Å²) in [5.74, 6) is 0.224. The maximum atomic E-state index is 13.1. The summed E-state index contributed by atoms with van der Waals surface area (Å²) in [4.78, 5) is 26.1. The molecule has 0 spiro atoms. The van der Waals surface area contributed by atoms with Gasteiger partial charge in [0.05, 0.1) is 11.6 Å². The van der Waals surface area contributed by atoms with Gasteiger partial charge in [0.1, 0.15) is 0 Å². The van der Waals surface area contributed by atoms with Crippen LogP contribution in [0.3, 0.4) is 0 Å². The molecule has 1 aromatic carbocycles. The Hall–Kier alpha value is -3.05. The normalized spacial score (nSPS) is 17.7. The van der Waals surface area contributed by atoms with E-state index in [1.165, 1.54) is 11.1 Å². The average Bonchev–Trinajstić information content (AvgIpc) is 2.94. The third-order valence-electron chi connectivity index (χ3n) is 5.77. The van der Waals surface area contributed by atoms with Crippen molar-refractivity contribution in [2.75, 3.05) is 26.2 Å². The number of hydrogen-bond acceptors (Lipinski definition) is 4. The molecular formula is C25H28N4O. The van der Waals surface area contributed by atoms with Crippen LogP contribution in [0, 0.1) is 5.92 Å². The van der Waals surface area contributed by atoms with Crippen LogP contribution in [0.5, 0.6) is 0 Å². The molecule has 2 aromatic heterocycles. The zero-order valence-electron chi connectivity index (χ0n) is 17.4. The highest BCUT2D eigenvalue weighted by molar-refractivity contribution is 5.79. The van der Waals surface area contributed by atoms with E-state index in [0.29, 0.717) is 0 Å². The van der Waals surface area contributed by atoms with E-state index in [2.05, 4.69) is 52.1 Å². The Balaban J connectivity index is 1.49. The Labute approximate surface area is 178 Å². The Morgan fingerprint density at radius 3 is 2.40 bits per heavy atom. The maximum Gasteiger partial charge on any atom is 0.227 e. The Kier molecular flexibility index (Phi) is 6.50. The van der Waals surface area contributed by atoms with Crippen LogP contribution in [0.2, 0.25) is 0 Å². The fraction of sp³-hybridized carbons (Fsp3) is 0.320. The molecule has 0 bridgehead atoms. The predicted molar refractivity (Wildman–Crippen MR) is 119 cm³/mol. The summed E-state index contributed by atoms with van der Waals surface area (Å²) < 4.78 is 0. The van der Waals surface area contributed by atoms with Crippen LogP contribution in [0.1, 0.15) is 18.2 Å². The molecule has 3 aromatic rings. The Morgan fingerprint density at radius 2 is 1.70 bits per heavy atom. The van der Waals surface area contributed by atoms with Crippen LogP contribution in [-0.4, -0.2) is 51.9 Å². The van der Waals surface area contributed by atoms with Crippen LogP contribution in [0.25, 0.3) is 11.1 Å². The summed E-state index contributed by atoms with van der Waals surface area (Å²) in [6.07, 6.45) is 6.20. The van der Waals surface area contributed by atoms with Gasteiger partial charge in [0.15, 0.2) is 0 Å². The lowest BCUT2D eigenvalue weighted by atomic mass is 9.96. The number of aromatic nitrogens is 2. The van der Waals surface area contributed by atoms with Gasteiger partial charge in [0, 0.05) is 51.3 Å². The summed E-state index contributed by atoms with van der Waals surface area (Å²) >= 11 is 0. The molecule has 5 heteroatoms. The Bertz CT molecular complexity index is 944. The molecule has 0 saturated carbocycles. The van der Waals surface area contributed by atoms with Crippen molar-refractivity contribution in [1.82, 2.24) is 19.8 Å². The van der Waals surface area contributed by atoms with Crippen molar-refractivity contribution in [1.29, 1.82) is 0 Å². The van der Waals surface area contributed by atoms with Crippen molar-refractivity contribution in [2.24, 2.45) is 5.92 Å². The van der Waals surface area contributed by atoms with Crippen molar-refractivity contribution in [3.8, 4) is 11.1 Å². The smallest absolute Gasteiger partial charge is 0.227 e. The first-order chi connectivity index (χ1) is 14.7. The summed E-state index contributed by atoms with van der Waals surface area (Å²) in [6.45, 7) is 6.02. The van der Waals surface area contributed by atoms with E-state index in [0.717, 1.165) is 50.4 Å². The first-order valence-corrected chi connectivity index (χ1v) is 10.6. The van der Waals surface area contributed by atoms with Gasteiger partial charge in [-0.15, -0.1) is 0 Å². The summed E-state index contributed by atoms with van der Waals surface area (Å²) in [7, 11) is 0. The molecule has 5 nitrogen and oxygen atoms in total. The fourth-order valence-corrected chi connectivity index (χ4v) is 4.10. The van der Waals surface area contributed by atoms with Gasteiger partial charge in [-0.3, -0.25) is 19.7 Å². The van der Waals surface area contributed by atoms with E-state index < -0.39 is 0 Å². The van der Waals surface area contributed by atoms with Gasteiger partial charge in [0.25, 0.3) is 0 Å². The number of hydrogen-bond donors (Lipinski definition) is 0. The molecule has 30 heavy (non-hydrogen) atoms. The largest absolute Gasteiger partial charge is 0.341 e. The molecule has 0 N–H and O–H groups in total. The molecule has 1 saturated heterocycles. The van der Waals surface area contributed by atoms with Gasteiger partial charge >= 0.3 is 0 Å². The summed E-state index contributed by atoms with van der Waals surface area (Å²) in [6, 6.07) is 18.6. The third-order valence-corrected chi connectivity index (χ3v) is 5.77. The monoisotopic (exact) mass is 400 g/mol. The zero-order chi connectivity index (χ0) is 20.8. The van der Waals surface area contributed by atoms with Crippen molar-refractivity contribution in [3.05, 3.63) is 84.4 Å². The second kappa shape index (κ2) is 9.63. The molecular weight excluding hydrogens is 372 g/mol. The number of carbonyl (C=O) groups is 1. The molecule has 0 aliphatic carbocycles. The highest BCUT2D eigenvalue weighted by Crippen LogP contribution is 2.22. The molecule has 3 heterocycles. The van der Waals surface area contributed by atoms with Crippen LogP contribution in [0.15, 0.2) is 73.2 Å². The van der Waals surface area contributed by atoms with Gasteiger partial charge in [-0.1, -0.05) is 30.3 Å². The molecule has 0 unspecified atom stereocenters. The number of benzene rings is 1. The van der Waals surface area contributed by atoms with E-state index in [-0.39, 0.29) is 11.8 Å². The van der Waals surface area contributed by atoms with E-state index in [1.807, 2.05) is 47.8 Å². The van der Waals surface area contributed by atoms with Crippen LogP contribution >= 0.6 is 0 Å². The highest BCUT2D eigenvalue weighted by atomic mass is 16.2. The van der Waals surface area contributed by atoms with Gasteiger partial charge in [-0.25, -0.2) is 0 Å². The number of amides is 1. The summed E-state index contributed by atoms with van der Waals surface area (Å²) in [5.41, 5.74) is 4.57. The van der Waals surface area contributed by atoms with Crippen LogP contribution in [-0.2, 0) is 17.8 Å². The van der Waals surface area contributed by atoms with E-state index in [1.54, 1.807) is 0 Å². The minimum absolute atomic E-state index is 0.0389. The number of pyridine rings is 2. The number of nitrogens with zero attached hydrogens (tertiary/aromatic N) is 4. The van der Waals surface area contributed by atoms with E-state index in [4.69, 9.17) is 0 Å². The molecule has 154 valence electrons. The first kappa shape index (κ1) is 20.2. The van der Waals surface area contributed by atoms with Crippen molar-refractivity contribution in [2.45, 2.75) is 19.9 Å². The molecule has 1 atom stereocenters. The minimum Gasteiger partial charge on any atom is -0.341 e. The van der Waals surface area contributed by atoms with E-state index >= 15 is 0 Å². The summed E-state index contributed by atoms with van der Waals surface area (Å²) in [5, 5.41) is 0. The van der Waals surface area contributed by atoms with Crippen molar-refractivity contribution >= 4 is 5.91 Å². The number of carbonyl (C=O) groups excluding carboxylic acids is 1. The average molecular weight is 401 g/mol. The molecule has 1 aliphatic rings. The van der Waals surface area contributed by atoms with Gasteiger partial charge in [-0.05, 0) is 54.3 Å². The fourth-order valence-electron chi connectivity index (χ4n) is 4.10. The SMILES string of the molecule is CCN1CCN(Cc2ccccn2)C[C@H](Cc2ccc(-c3ccncc3)cc2)C1=O. The quantitative estimate of drug-likeness (QED) is 0.634. The second-order valence-electron chi connectivity index (χ2n) is 7.81. The van der Waals surface area contributed by atoms with Gasteiger partial charge in [-0.2, -0.15) is 0 Å². The van der Waals surface area contributed by atoms with Gasteiger partial charge < -0.3 is 4.90 Å². The second-order valence-corrected chi connectivity index (χ2v) is 7.81. The standard InChI is InChI=1S/C25H28N4O/c1-2-29-16-15-28(19-24-5-3-4-12-27-24)18-23(25(29)30)17-20-6-8-21(9-7-20)22-10-13-26-14-11-22/h3-14,23H,2,15-19H2,1H3/t23-/m0/s1. The van der Waals surface area contributed by atoms with Crippen molar-refractivity contribution < 1.29 is 4.79 Å². The van der Waals surface area contributed by atoms with Crippen LogP contribution < -0.4 is 0 Å². The van der Waals surface area contributed by atoms with E-state index in [9.17, 15) is 4.79 Å². The van der Waals surface area contributed by atoms with Gasteiger partial charge in [0.2, 0.25) is 5.91 Å². The lowest BCUT2D eigenvalue weighted by Gasteiger charge is -2.23. The molecule has 1 amide bonds.